The van der Waals surface area contributed by atoms with Crippen molar-refractivity contribution in [1.82, 2.24) is 5.32 Å². The maximum absolute atomic E-state index is 12.8. The number of benzene rings is 2. The summed E-state index contributed by atoms with van der Waals surface area (Å²) in [4.78, 5) is 13.6. The van der Waals surface area contributed by atoms with Gasteiger partial charge in [-0.3, -0.25) is 4.79 Å². The number of hydrogen-bond acceptors (Lipinski definition) is 4. The van der Waals surface area contributed by atoms with E-state index in [1.165, 1.54) is 18.4 Å². The topological polar surface area (TPSA) is 47.6 Å². The summed E-state index contributed by atoms with van der Waals surface area (Å²) < 4.78 is 12.0. The van der Waals surface area contributed by atoms with Crippen molar-refractivity contribution in [1.29, 1.82) is 0 Å². The average molecular weight is 396 g/mol. The van der Waals surface area contributed by atoms with E-state index in [1.807, 2.05) is 30.3 Å². The Kier molecular flexibility index (Phi) is 5.27. The lowest BCUT2D eigenvalue weighted by atomic mass is 9.78. The Morgan fingerprint density at radius 3 is 2.50 bits per heavy atom. The third-order valence-corrected chi connectivity index (χ3v) is 6.91. The fourth-order valence-corrected chi connectivity index (χ4v) is 5.19. The molecule has 0 spiro atoms. The van der Waals surface area contributed by atoms with Crippen LogP contribution in [-0.4, -0.2) is 26.7 Å². The molecule has 1 saturated carbocycles. The highest BCUT2D eigenvalue weighted by Crippen LogP contribution is 2.43. The number of amides is 1. The monoisotopic (exact) mass is 395 g/mol. The zero-order chi connectivity index (χ0) is 19.6. The predicted molar refractivity (Wildman–Crippen MR) is 114 cm³/mol. The lowest BCUT2D eigenvalue weighted by Gasteiger charge is -2.30. The number of carbonyl (C=O) groups is 1. The first-order valence-electron chi connectivity index (χ1n) is 9.64. The molecule has 146 valence electrons. The van der Waals surface area contributed by atoms with Gasteiger partial charge in [-0.2, -0.15) is 0 Å². The number of ether oxygens (including phenoxy) is 2. The van der Waals surface area contributed by atoms with Gasteiger partial charge in [-0.1, -0.05) is 37.1 Å². The molecule has 0 unspecified atom stereocenters. The van der Waals surface area contributed by atoms with E-state index < -0.39 is 0 Å². The van der Waals surface area contributed by atoms with Crippen LogP contribution < -0.4 is 14.8 Å². The van der Waals surface area contributed by atoms with Crippen LogP contribution in [0.1, 0.15) is 40.9 Å². The zero-order valence-corrected chi connectivity index (χ0v) is 17.1. The van der Waals surface area contributed by atoms with Gasteiger partial charge < -0.3 is 14.8 Å². The van der Waals surface area contributed by atoms with Crippen LogP contribution in [0.5, 0.6) is 11.5 Å². The maximum atomic E-state index is 12.8. The average Bonchev–Trinajstić information content (AvgIpc) is 3.39. The van der Waals surface area contributed by atoms with Gasteiger partial charge >= 0.3 is 0 Å². The largest absolute Gasteiger partial charge is 0.493 e. The molecule has 1 fully saturated rings. The molecule has 0 bridgehead atoms. The highest BCUT2D eigenvalue weighted by molar-refractivity contribution is 7.20. The number of hydrogen-bond donors (Lipinski definition) is 1. The van der Waals surface area contributed by atoms with E-state index in [0.29, 0.717) is 6.54 Å². The van der Waals surface area contributed by atoms with E-state index in [2.05, 4.69) is 23.5 Å². The van der Waals surface area contributed by atoms with Crippen LogP contribution in [0.2, 0.25) is 0 Å². The van der Waals surface area contributed by atoms with Crippen LogP contribution in [0.15, 0.2) is 48.5 Å². The molecule has 4 nitrogen and oxygen atoms in total. The van der Waals surface area contributed by atoms with Gasteiger partial charge in [0.2, 0.25) is 0 Å². The number of rotatable bonds is 6. The van der Waals surface area contributed by atoms with Gasteiger partial charge in [0.1, 0.15) is 0 Å². The smallest absolute Gasteiger partial charge is 0.261 e. The van der Waals surface area contributed by atoms with Crippen LogP contribution in [0, 0.1) is 0 Å². The van der Waals surface area contributed by atoms with Gasteiger partial charge in [0.25, 0.3) is 5.91 Å². The lowest BCUT2D eigenvalue weighted by molar-refractivity contribution is 0.0947. The highest BCUT2D eigenvalue weighted by atomic mass is 32.1. The van der Waals surface area contributed by atoms with Crippen LogP contribution in [0.3, 0.4) is 0 Å². The first kappa shape index (κ1) is 18.8. The molecule has 1 N–H and O–H groups in total. The van der Waals surface area contributed by atoms with Crippen molar-refractivity contribution in [2.24, 2.45) is 0 Å². The molecule has 1 aliphatic carbocycles. The fraction of sp³-hybridized carbons (Fsp3) is 0.348. The lowest BCUT2D eigenvalue weighted by Crippen LogP contribution is -2.38. The molecule has 1 heterocycles. The van der Waals surface area contributed by atoms with Crippen molar-refractivity contribution in [3.8, 4) is 11.5 Å². The SMILES string of the molecule is COc1ccc(C2(CNC(=O)c3cc4ccccc4s3)CCCC2)cc1OC. The second-order valence-electron chi connectivity index (χ2n) is 7.39. The summed E-state index contributed by atoms with van der Waals surface area (Å²) in [6.45, 7) is 0.634. The van der Waals surface area contributed by atoms with Crippen LogP contribution in [0.4, 0.5) is 0 Å². The van der Waals surface area contributed by atoms with Gasteiger partial charge in [0.15, 0.2) is 11.5 Å². The van der Waals surface area contributed by atoms with Crippen molar-refractivity contribution in [3.05, 3.63) is 59.0 Å². The Hall–Kier alpha value is -2.53. The van der Waals surface area contributed by atoms with Gasteiger partial charge in [0, 0.05) is 16.7 Å². The van der Waals surface area contributed by atoms with Crippen molar-refractivity contribution >= 4 is 27.3 Å². The molecule has 1 aromatic heterocycles. The first-order chi connectivity index (χ1) is 13.6. The quantitative estimate of drug-likeness (QED) is 0.627. The second-order valence-corrected chi connectivity index (χ2v) is 8.47. The van der Waals surface area contributed by atoms with E-state index in [9.17, 15) is 4.79 Å². The molecule has 28 heavy (non-hydrogen) atoms. The van der Waals surface area contributed by atoms with E-state index in [-0.39, 0.29) is 11.3 Å². The normalized spacial score (nSPS) is 15.5. The summed E-state index contributed by atoms with van der Waals surface area (Å²) in [5.74, 6) is 1.48. The summed E-state index contributed by atoms with van der Waals surface area (Å²) in [5, 5.41) is 4.33. The Morgan fingerprint density at radius 1 is 1.04 bits per heavy atom. The molecule has 1 amide bonds. The molecular weight excluding hydrogens is 370 g/mol. The molecule has 0 aliphatic heterocycles. The number of methoxy groups -OCH3 is 2. The number of carbonyl (C=O) groups excluding carboxylic acids is 1. The number of thiophene rings is 1. The zero-order valence-electron chi connectivity index (χ0n) is 16.3. The molecule has 3 aromatic rings. The van der Waals surface area contributed by atoms with E-state index in [1.54, 1.807) is 25.6 Å². The van der Waals surface area contributed by atoms with Gasteiger partial charge in [-0.05, 0) is 48.1 Å². The van der Waals surface area contributed by atoms with E-state index in [0.717, 1.165) is 39.3 Å². The summed E-state index contributed by atoms with van der Waals surface area (Å²) in [6.07, 6.45) is 4.48. The van der Waals surface area contributed by atoms with E-state index in [4.69, 9.17) is 9.47 Å². The second kappa shape index (κ2) is 7.84. The standard InChI is InChI=1S/C23H25NO3S/c1-26-18-10-9-17(14-19(18)27-2)23(11-5-6-12-23)15-24-22(25)21-13-16-7-3-4-8-20(16)28-21/h3-4,7-10,13-14H,5-6,11-12,15H2,1-2H3,(H,24,25). The van der Waals surface area contributed by atoms with Crippen molar-refractivity contribution < 1.29 is 14.3 Å². The molecular formula is C23H25NO3S. The minimum atomic E-state index is -0.0497. The Balaban J connectivity index is 1.56. The van der Waals surface area contributed by atoms with Crippen molar-refractivity contribution in [3.63, 3.8) is 0 Å². The van der Waals surface area contributed by atoms with Crippen molar-refractivity contribution in [2.45, 2.75) is 31.1 Å². The maximum Gasteiger partial charge on any atom is 0.261 e. The number of fused-ring (bicyclic) bond motifs is 1. The van der Waals surface area contributed by atoms with Gasteiger partial charge in [-0.25, -0.2) is 0 Å². The minimum absolute atomic E-state index is 0.00736. The highest BCUT2D eigenvalue weighted by Gasteiger charge is 2.36. The fourth-order valence-electron chi connectivity index (χ4n) is 4.22. The van der Waals surface area contributed by atoms with Crippen LogP contribution in [0.25, 0.3) is 10.1 Å². The minimum Gasteiger partial charge on any atom is -0.493 e. The van der Waals surface area contributed by atoms with E-state index >= 15 is 0 Å². The predicted octanol–water partition coefficient (Wildman–Crippen LogP) is 5.16. The van der Waals surface area contributed by atoms with Gasteiger partial charge in [0.05, 0.1) is 19.1 Å². The number of nitrogens with one attached hydrogen (secondary N) is 1. The molecule has 4 rings (SSSR count). The summed E-state index contributed by atoms with van der Waals surface area (Å²) >= 11 is 1.55. The Morgan fingerprint density at radius 2 is 1.79 bits per heavy atom. The van der Waals surface area contributed by atoms with Crippen LogP contribution in [-0.2, 0) is 5.41 Å². The molecule has 5 heteroatoms. The summed E-state index contributed by atoms with van der Waals surface area (Å²) in [7, 11) is 3.31. The summed E-state index contributed by atoms with van der Waals surface area (Å²) in [6, 6.07) is 16.2. The molecule has 2 aromatic carbocycles. The molecule has 0 saturated heterocycles. The van der Waals surface area contributed by atoms with Crippen molar-refractivity contribution in [2.75, 3.05) is 20.8 Å². The molecule has 0 radical (unpaired) electrons. The third kappa shape index (κ3) is 3.47. The third-order valence-electron chi connectivity index (χ3n) is 5.79. The van der Waals surface area contributed by atoms with Crippen LogP contribution >= 0.6 is 11.3 Å². The molecule has 0 atom stereocenters. The first-order valence-corrected chi connectivity index (χ1v) is 10.5. The Labute approximate surface area is 169 Å². The summed E-state index contributed by atoms with van der Waals surface area (Å²) in [5.41, 5.74) is 1.16. The van der Waals surface area contributed by atoms with Gasteiger partial charge in [-0.15, -0.1) is 11.3 Å². The molecule has 1 aliphatic rings. The Bertz CT molecular complexity index is 955.